The molecule has 5 fully saturated rings. The Labute approximate surface area is 335 Å². The SMILES string of the molecule is C1=CC[N-]C(CN(CC2CCCC[N-]2)CC2CCCC[N-]2)=C1.C1CCC(CN(CC2CCCC[N-]2)CC2CCCC[N-]2)[N-]C1.OC(O)C(O)O.[Ni].[Ni]. The van der Waals surface area contributed by atoms with Gasteiger partial charge in [-0.1, -0.05) is 108 Å². The third kappa shape index (κ3) is 20.7. The summed E-state index contributed by atoms with van der Waals surface area (Å²) in [6.45, 7) is 12.8. The van der Waals surface area contributed by atoms with Crippen LogP contribution in [0.2, 0.25) is 0 Å². The summed E-state index contributed by atoms with van der Waals surface area (Å²) in [5.74, 6) is 0. The number of nitrogens with zero attached hydrogens (tertiary/aromatic N) is 8. The number of hydrogen-bond donors (Lipinski definition) is 4. The first-order valence-electron chi connectivity index (χ1n) is 20.0. The molecule has 310 valence electrons. The van der Waals surface area contributed by atoms with Crippen LogP contribution < -0.4 is 0 Å². The molecule has 5 atom stereocenters. The van der Waals surface area contributed by atoms with Gasteiger partial charge >= 0.3 is 0 Å². The zero-order valence-corrected chi connectivity index (χ0v) is 33.3. The average Bonchev–Trinajstić information content (AvgIpc) is 3.15. The van der Waals surface area contributed by atoms with Crippen molar-refractivity contribution in [1.82, 2.24) is 9.80 Å². The van der Waals surface area contributed by atoms with E-state index in [4.69, 9.17) is 47.0 Å². The molecule has 0 aromatic heterocycles. The summed E-state index contributed by atoms with van der Waals surface area (Å²) < 4.78 is 0. The van der Waals surface area contributed by atoms with Crippen LogP contribution >= 0.6 is 0 Å². The van der Waals surface area contributed by atoms with Crippen LogP contribution in [0, 0.1) is 0 Å². The van der Waals surface area contributed by atoms with Crippen LogP contribution in [-0.4, -0.2) is 152 Å². The van der Waals surface area contributed by atoms with Gasteiger partial charge in [-0.05, 0) is 32.7 Å². The van der Waals surface area contributed by atoms with E-state index < -0.39 is 12.6 Å². The number of aliphatic hydroxyl groups excluding tert-OH is 2. The van der Waals surface area contributed by atoms with E-state index in [9.17, 15) is 0 Å². The summed E-state index contributed by atoms with van der Waals surface area (Å²) in [5, 5.41) is 59.6. The van der Waals surface area contributed by atoms with Gasteiger partial charge in [0.2, 0.25) is 12.6 Å². The van der Waals surface area contributed by atoms with Crippen molar-refractivity contribution in [2.75, 3.05) is 78.5 Å². The quantitative estimate of drug-likeness (QED) is 0.139. The number of aliphatic hydroxyl groups is 4. The molecule has 14 heteroatoms. The molecule has 0 amide bonds. The predicted molar refractivity (Wildman–Crippen MR) is 204 cm³/mol. The first kappa shape index (κ1) is 48.0. The maximum Gasteiger partial charge on any atom is 0.204 e. The summed E-state index contributed by atoms with van der Waals surface area (Å²) in [4.78, 5) is 5.23. The minimum Gasteiger partial charge on any atom is -0.684 e. The Bertz CT molecular complexity index is 849. The minimum atomic E-state index is -2.04. The van der Waals surface area contributed by atoms with Gasteiger partial charge in [0, 0.05) is 39.5 Å². The summed E-state index contributed by atoms with van der Waals surface area (Å²) in [5.41, 5.74) is 1.22. The average molecular weight is 818 g/mol. The van der Waals surface area contributed by atoms with Crippen molar-refractivity contribution < 1.29 is 53.4 Å². The van der Waals surface area contributed by atoms with Gasteiger partial charge in [0.05, 0.1) is 0 Å². The zero-order chi connectivity index (χ0) is 35.2. The van der Waals surface area contributed by atoms with E-state index in [1.807, 2.05) is 0 Å². The molecule has 5 unspecified atom stereocenters. The van der Waals surface area contributed by atoms with Crippen LogP contribution in [-0.2, 0) is 33.0 Å². The molecule has 52 heavy (non-hydrogen) atoms. The van der Waals surface area contributed by atoms with Gasteiger partial charge in [0.15, 0.2) is 0 Å². The fourth-order valence-corrected chi connectivity index (χ4v) is 7.74. The van der Waals surface area contributed by atoms with Crippen molar-refractivity contribution in [1.29, 1.82) is 0 Å². The molecule has 0 radical (unpaired) electrons. The standard InChI is InChI=1S/C18H33N4.C18H29N4.C2H6O4.2Ni/c2*1-4-10-19-16(7-1)13-22(14-17-8-2-5-11-20-17)15-18-9-3-6-12-21-18;3-1(4)2(5)6;;/h16-18H,1-15H2;1,4,7,17-18H,2-3,5-6,8-15H2;1-6H;;/q2*-3;;;. The largest absolute Gasteiger partial charge is 0.684 e. The van der Waals surface area contributed by atoms with Crippen LogP contribution in [0.25, 0.3) is 31.9 Å². The fraction of sp³-hybridized carbons (Fsp3) is 0.895. The Morgan fingerprint density at radius 2 is 0.827 bits per heavy atom. The second-order valence-corrected chi connectivity index (χ2v) is 14.9. The van der Waals surface area contributed by atoms with Gasteiger partial charge in [0.25, 0.3) is 0 Å². The third-order valence-corrected chi connectivity index (χ3v) is 10.5. The Morgan fingerprint density at radius 3 is 1.08 bits per heavy atom. The normalized spacial score (nSPS) is 28.0. The van der Waals surface area contributed by atoms with Crippen molar-refractivity contribution in [2.24, 2.45) is 0 Å². The molecule has 0 aromatic carbocycles. The first-order valence-corrected chi connectivity index (χ1v) is 20.0. The van der Waals surface area contributed by atoms with Gasteiger partial charge in [0.1, 0.15) is 0 Å². The van der Waals surface area contributed by atoms with E-state index in [1.54, 1.807) is 0 Å². The van der Waals surface area contributed by atoms with Gasteiger partial charge in [-0.15, -0.1) is 81.3 Å². The van der Waals surface area contributed by atoms with Gasteiger partial charge < -0.3 is 62.1 Å². The molecular formula is C38H68N8Ni2O4-6. The van der Waals surface area contributed by atoms with E-state index in [1.165, 1.54) is 102 Å². The van der Waals surface area contributed by atoms with Crippen molar-refractivity contribution in [3.63, 3.8) is 0 Å². The zero-order valence-electron chi connectivity index (χ0n) is 31.4. The molecule has 0 bridgehead atoms. The second kappa shape index (κ2) is 29.1. The summed E-state index contributed by atoms with van der Waals surface area (Å²) in [6, 6.07) is 2.76. The van der Waals surface area contributed by atoms with Crippen LogP contribution in [0.4, 0.5) is 0 Å². The monoisotopic (exact) mass is 816 g/mol. The van der Waals surface area contributed by atoms with E-state index in [-0.39, 0.29) is 33.0 Å². The molecular weight excluding hydrogens is 750 g/mol. The Kier molecular flexibility index (Phi) is 26.9. The van der Waals surface area contributed by atoms with Crippen molar-refractivity contribution in [2.45, 2.75) is 139 Å². The Hall–Kier alpha value is -0.173. The number of allylic oxidation sites excluding steroid dienone is 2. The van der Waals surface area contributed by atoms with Crippen LogP contribution in [0.3, 0.4) is 0 Å². The van der Waals surface area contributed by atoms with E-state index in [2.05, 4.69) is 33.3 Å². The number of hydrogen-bond acceptors (Lipinski definition) is 6. The number of rotatable bonds is 13. The summed E-state index contributed by atoms with van der Waals surface area (Å²) >= 11 is 0. The molecule has 5 saturated heterocycles. The second-order valence-electron chi connectivity index (χ2n) is 14.9. The summed E-state index contributed by atoms with van der Waals surface area (Å²) in [7, 11) is 0. The topological polar surface area (TPSA) is 172 Å². The van der Waals surface area contributed by atoms with Crippen molar-refractivity contribution >= 4 is 0 Å². The third-order valence-electron chi connectivity index (χ3n) is 10.5. The predicted octanol–water partition coefficient (Wildman–Crippen LogP) is 5.64. The van der Waals surface area contributed by atoms with Crippen LogP contribution in [0.1, 0.15) is 96.3 Å². The smallest absolute Gasteiger partial charge is 0.204 e. The molecule has 4 N–H and O–H groups in total. The Morgan fingerprint density at radius 1 is 0.500 bits per heavy atom. The van der Waals surface area contributed by atoms with Crippen LogP contribution in [0.15, 0.2) is 23.9 Å². The summed E-state index contributed by atoms with van der Waals surface area (Å²) in [6.07, 6.45) is 21.9. The van der Waals surface area contributed by atoms with E-state index >= 15 is 0 Å². The molecule has 0 aliphatic carbocycles. The van der Waals surface area contributed by atoms with Crippen molar-refractivity contribution in [3.8, 4) is 0 Å². The molecule has 0 saturated carbocycles. The fourth-order valence-electron chi connectivity index (χ4n) is 7.74. The maximum absolute atomic E-state index is 7.69. The molecule has 6 aliphatic heterocycles. The molecule has 6 rings (SSSR count). The van der Waals surface area contributed by atoms with Gasteiger partial charge in [-0.3, -0.25) is 0 Å². The van der Waals surface area contributed by atoms with Crippen molar-refractivity contribution in [3.05, 3.63) is 55.8 Å². The molecule has 6 heterocycles. The Balaban J connectivity index is 0.000000302. The van der Waals surface area contributed by atoms with E-state index in [0.717, 1.165) is 78.5 Å². The van der Waals surface area contributed by atoms with Gasteiger partial charge in [-0.2, -0.15) is 0 Å². The van der Waals surface area contributed by atoms with Crippen LogP contribution in [0.5, 0.6) is 0 Å². The van der Waals surface area contributed by atoms with Gasteiger partial charge in [-0.25, -0.2) is 0 Å². The molecule has 0 spiro atoms. The molecule has 0 aromatic rings. The first-order chi connectivity index (χ1) is 24.4. The minimum absolute atomic E-state index is 0. The number of piperidine rings is 5. The van der Waals surface area contributed by atoms with E-state index in [0.29, 0.717) is 30.2 Å². The molecule has 6 aliphatic rings. The maximum atomic E-state index is 7.69. The molecule has 12 nitrogen and oxygen atoms in total.